The van der Waals surface area contributed by atoms with E-state index in [2.05, 4.69) is 5.32 Å². The van der Waals surface area contributed by atoms with Crippen LogP contribution in [-0.4, -0.2) is 25.0 Å². The second-order valence-electron chi connectivity index (χ2n) is 8.80. The van der Waals surface area contributed by atoms with Crippen LogP contribution >= 0.6 is 0 Å². The lowest BCUT2D eigenvalue weighted by Crippen LogP contribution is -2.36. The van der Waals surface area contributed by atoms with E-state index in [-0.39, 0.29) is 23.6 Å². The number of carbonyl (C=O) groups excluding carboxylic acids is 2. The van der Waals surface area contributed by atoms with Gasteiger partial charge in [-0.3, -0.25) is 4.79 Å². The van der Waals surface area contributed by atoms with Crippen LogP contribution in [0.2, 0.25) is 0 Å². The van der Waals surface area contributed by atoms with Crippen LogP contribution in [0.5, 0.6) is 5.75 Å². The number of ether oxygens (including phenoxy) is 2. The fraction of sp³-hybridized carbons (Fsp3) is 0.333. The number of dihydropyridines is 1. The topological polar surface area (TPSA) is 64.6 Å². The summed E-state index contributed by atoms with van der Waals surface area (Å²) in [6, 6.07) is 13.7. The second kappa shape index (κ2) is 9.22. The Morgan fingerprint density at radius 1 is 1.03 bits per heavy atom. The van der Waals surface area contributed by atoms with Gasteiger partial charge in [0.2, 0.25) is 0 Å². The summed E-state index contributed by atoms with van der Waals surface area (Å²) in [5.41, 5.74) is 4.16. The van der Waals surface area contributed by atoms with Gasteiger partial charge in [-0.15, -0.1) is 0 Å². The molecule has 6 heteroatoms. The molecule has 1 aliphatic carbocycles. The van der Waals surface area contributed by atoms with E-state index in [1.807, 2.05) is 31.2 Å². The molecule has 4 rings (SSSR count). The predicted octanol–water partition coefficient (Wildman–Crippen LogP) is 5.15. The zero-order valence-electron chi connectivity index (χ0n) is 19.3. The lowest BCUT2D eigenvalue weighted by molar-refractivity contribution is -0.143. The van der Waals surface area contributed by atoms with Gasteiger partial charge in [0.05, 0.1) is 18.8 Å². The van der Waals surface area contributed by atoms with Gasteiger partial charge >= 0.3 is 5.97 Å². The third kappa shape index (κ3) is 4.56. The third-order valence-corrected chi connectivity index (χ3v) is 6.18. The van der Waals surface area contributed by atoms with Crippen LogP contribution in [0.1, 0.15) is 56.6 Å². The molecule has 1 heterocycles. The maximum Gasteiger partial charge on any atom is 0.337 e. The van der Waals surface area contributed by atoms with Gasteiger partial charge in [-0.2, -0.15) is 0 Å². The summed E-state index contributed by atoms with van der Waals surface area (Å²) in [7, 11) is 1.62. The number of Topliss-reactive ketones (excluding diaryl/α,β-unsaturated/α-hetero) is 1. The molecule has 33 heavy (non-hydrogen) atoms. The van der Waals surface area contributed by atoms with Gasteiger partial charge in [-0.25, -0.2) is 9.18 Å². The maximum absolute atomic E-state index is 13.7. The molecule has 0 spiro atoms. The van der Waals surface area contributed by atoms with Crippen molar-refractivity contribution in [3.05, 3.63) is 88.0 Å². The van der Waals surface area contributed by atoms with Gasteiger partial charge < -0.3 is 14.8 Å². The Labute approximate surface area is 193 Å². The molecule has 0 saturated heterocycles. The van der Waals surface area contributed by atoms with Crippen molar-refractivity contribution < 1.29 is 23.5 Å². The molecule has 2 atom stereocenters. The lowest BCUT2D eigenvalue weighted by atomic mass is 9.71. The largest absolute Gasteiger partial charge is 0.497 e. The van der Waals surface area contributed by atoms with E-state index in [0.29, 0.717) is 35.2 Å². The Hall–Kier alpha value is -3.41. The standard InChI is InChI=1S/C27H28FNO4/c1-15(2)33-27(31)24-16(3)29-22-13-19(17-7-11-21(32-4)12-8-17)14-23(30)26(22)25(24)18-5-9-20(28)10-6-18/h5-12,15,19,25,29H,13-14H2,1-4H3/t19-,25+/m1/s1. The van der Waals surface area contributed by atoms with Gasteiger partial charge in [0.25, 0.3) is 0 Å². The average Bonchev–Trinajstić information content (AvgIpc) is 2.78. The van der Waals surface area contributed by atoms with Crippen molar-refractivity contribution in [1.29, 1.82) is 0 Å². The molecule has 2 aromatic rings. The van der Waals surface area contributed by atoms with E-state index < -0.39 is 11.9 Å². The van der Waals surface area contributed by atoms with E-state index in [9.17, 15) is 14.0 Å². The van der Waals surface area contributed by atoms with Crippen molar-refractivity contribution in [3.63, 3.8) is 0 Å². The molecule has 0 aromatic heterocycles. The molecular weight excluding hydrogens is 421 g/mol. The number of esters is 1. The summed E-state index contributed by atoms with van der Waals surface area (Å²) < 4.78 is 24.4. The van der Waals surface area contributed by atoms with Crippen LogP contribution < -0.4 is 10.1 Å². The zero-order valence-corrected chi connectivity index (χ0v) is 19.3. The Morgan fingerprint density at radius 3 is 2.27 bits per heavy atom. The van der Waals surface area contributed by atoms with E-state index in [1.165, 1.54) is 12.1 Å². The molecule has 0 unspecified atom stereocenters. The molecule has 2 aromatic carbocycles. The Balaban J connectivity index is 1.76. The van der Waals surface area contributed by atoms with Gasteiger partial charge in [0.15, 0.2) is 5.78 Å². The van der Waals surface area contributed by atoms with E-state index in [4.69, 9.17) is 9.47 Å². The van der Waals surface area contributed by atoms with Crippen molar-refractivity contribution in [2.75, 3.05) is 7.11 Å². The smallest absolute Gasteiger partial charge is 0.337 e. The quantitative estimate of drug-likeness (QED) is 0.640. The highest BCUT2D eigenvalue weighted by Gasteiger charge is 2.41. The highest BCUT2D eigenvalue weighted by atomic mass is 19.1. The first-order chi connectivity index (χ1) is 15.8. The first kappa shape index (κ1) is 22.8. The van der Waals surface area contributed by atoms with E-state index in [1.54, 1.807) is 33.1 Å². The van der Waals surface area contributed by atoms with Crippen molar-refractivity contribution in [1.82, 2.24) is 5.32 Å². The lowest BCUT2D eigenvalue weighted by Gasteiger charge is -2.37. The van der Waals surface area contributed by atoms with Gasteiger partial charge in [0.1, 0.15) is 11.6 Å². The number of carbonyl (C=O) groups is 2. The van der Waals surface area contributed by atoms with Crippen LogP contribution in [0, 0.1) is 5.82 Å². The molecule has 0 bridgehead atoms. The average molecular weight is 450 g/mol. The fourth-order valence-corrected chi connectivity index (χ4v) is 4.69. The fourth-order valence-electron chi connectivity index (χ4n) is 4.69. The predicted molar refractivity (Wildman–Crippen MR) is 123 cm³/mol. The molecule has 0 fully saturated rings. The van der Waals surface area contributed by atoms with Crippen molar-refractivity contribution in [3.8, 4) is 5.75 Å². The highest BCUT2D eigenvalue weighted by Crippen LogP contribution is 2.45. The molecule has 5 nitrogen and oxygen atoms in total. The van der Waals surface area contributed by atoms with Crippen molar-refractivity contribution >= 4 is 11.8 Å². The number of rotatable bonds is 5. The van der Waals surface area contributed by atoms with Crippen LogP contribution in [0.4, 0.5) is 4.39 Å². The first-order valence-corrected chi connectivity index (χ1v) is 11.1. The van der Waals surface area contributed by atoms with Crippen LogP contribution in [0.3, 0.4) is 0 Å². The normalized spacial score (nSPS) is 20.5. The van der Waals surface area contributed by atoms with Gasteiger partial charge in [-0.05, 0) is 68.5 Å². The number of allylic oxidation sites excluding steroid dienone is 3. The molecule has 172 valence electrons. The first-order valence-electron chi connectivity index (χ1n) is 11.1. The van der Waals surface area contributed by atoms with Crippen molar-refractivity contribution in [2.45, 2.75) is 51.6 Å². The molecule has 0 amide bonds. The number of benzene rings is 2. The molecule has 1 aliphatic heterocycles. The zero-order chi connectivity index (χ0) is 23.7. The minimum Gasteiger partial charge on any atom is -0.497 e. The van der Waals surface area contributed by atoms with Crippen molar-refractivity contribution in [2.24, 2.45) is 0 Å². The van der Waals surface area contributed by atoms with Crippen LogP contribution in [0.15, 0.2) is 71.1 Å². The summed E-state index contributed by atoms with van der Waals surface area (Å²) in [5.74, 6) is -0.691. The van der Waals surface area contributed by atoms with Crippen LogP contribution in [0.25, 0.3) is 0 Å². The molecule has 1 N–H and O–H groups in total. The SMILES string of the molecule is COc1ccc([C@H]2CC(=O)C3=C(C2)NC(C)=C(C(=O)OC(C)C)[C@@H]3c2ccc(F)cc2)cc1. The number of nitrogens with one attached hydrogen (secondary N) is 1. The number of hydrogen-bond donors (Lipinski definition) is 1. The third-order valence-electron chi connectivity index (χ3n) is 6.18. The monoisotopic (exact) mass is 449 g/mol. The van der Waals surface area contributed by atoms with Gasteiger partial charge in [-0.1, -0.05) is 24.3 Å². The molecule has 0 radical (unpaired) electrons. The molecular formula is C27H28FNO4. The maximum atomic E-state index is 13.7. The number of hydrogen-bond acceptors (Lipinski definition) is 5. The summed E-state index contributed by atoms with van der Waals surface area (Å²) in [6.45, 7) is 5.39. The summed E-state index contributed by atoms with van der Waals surface area (Å²) in [6.07, 6.45) is 0.661. The van der Waals surface area contributed by atoms with Gasteiger partial charge in [0, 0.05) is 29.3 Å². The minimum absolute atomic E-state index is 0.0143. The minimum atomic E-state index is -0.600. The summed E-state index contributed by atoms with van der Waals surface area (Å²) >= 11 is 0. The highest BCUT2D eigenvalue weighted by molar-refractivity contribution is 6.04. The Kier molecular flexibility index (Phi) is 6.36. The number of methoxy groups -OCH3 is 1. The van der Waals surface area contributed by atoms with Crippen LogP contribution in [-0.2, 0) is 14.3 Å². The van der Waals surface area contributed by atoms with E-state index in [0.717, 1.165) is 17.0 Å². The number of halogens is 1. The second-order valence-corrected chi connectivity index (χ2v) is 8.80. The molecule has 0 saturated carbocycles. The Morgan fingerprint density at radius 2 is 1.67 bits per heavy atom. The molecule has 2 aliphatic rings. The Bertz CT molecular complexity index is 1130. The van der Waals surface area contributed by atoms with E-state index >= 15 is 0 Å². The summed E-state index contributed by atoms with van der Waals surface area (Å²) in [4.78, 5) is 26.6. The summed E-state index contributed by atoms with van der Waals surface area (Å²) in [5, 5.41) is 3.33. The number of ketones is 1.